The number of ketones is 1. The summed E-state index contributed by atoms with van der Waals surface area (Å²) in [6.07, 6.45) is 5.82. The summed E-state index contributed by atoms with van der Waals surface area (Å²) in [7, 11) is 1.47. The van der Waals surface area contributed by atoms with E-state index in [1.165, 1.54) is 41.7 Å². The van der Waals surface area contributed by atoms with Crippen LogP contribution in [0.3, 0.4) is 0 Å². The minimum absolute atomic E-state index is 0.0916. The van der Waals surface area contributed by atoms with E-state index in [1.807, 2.05) is 25.1 Å². The van der Waals surface area contributed by atoms with Crippen LogP contribution in [0.2, 0.25) is 0 Å². The van der Waals surface area contributed by atoms with E-state index in [9.17, 15) is 14.4 Å². The topological polar surface area (TPSA) is 126 Å². The minimum Gasteiger partial charge on any atom is -0.494 e. The molecule has 178 valence electrons. The Balaban J connectivity index is 1.39. The number of fused-ring (bicyclic) bond motifs is 1. The fraction of sp³-hybridized carbons (Fsp3) is 0.250. The van der Waals surface area contributed by atoms with Gasteiger partial charge >= 0.3 is 0 Å². The van der Waals surface area contributed by atoms with Crippen molar-refractivity contribution in [1.29, 1.82) is 0 Å². The predicted molar refractivity (Wildman–Crippen MR) is 125 cm³/mol. The van der Waals surface area contributed by atoms with E-state index in [0.29, 0.717) is 34.6 Å². The van der Waals surface area contributed by atoms with E-state index >= 15 is 0 Å². The van der Waals surface area contributed by atoms with Crippen molar-refractivity contribution in [3.63, 3.8) is 0 Å². The number of Topliss-reactive ketones (excluding diaryl/α,β-unsaturated/α-hetero) is 1. The summed E-state index contributed by atoms with van der Waals surface area (Å²) in [6, 6.07) is 8.78. The number of rotatable bonds is 5. The summed E-state index contributed by atoms with van der Waals surface area (Å²) >= 11 is 0. The van der Waals surface area contributed by atoms with Crippen molar-refractivity contribution in [2.24, 2.45) is 0 Å². The molecule has 0 saturated carbocycles. The van der Waals surface area contributed by atoms with Crippen LogP contribution in [0, 0.1) is 0 Å². The molecule has 4 aromatic rings. The molecule has 0 radical (unpaired) electrons. The average Bonchev–Trinajstić information content (AvgIpc) is 3.58. The summed E-state index contributed by atoms with van der Waals surface area (Å²) in [6.45, 7) is 2.73. The number of methoxy groups -OCH3 is 1. The fourth-order valence-corrected chi connectivity index (χ4v) is 4.38. The van der Waals surface area contributed by atoms with Crippen molar-refractivity contribution in [2.45, 2.75) is 13.0 Å². The Hall–Kier alpha value is -4.54. The van der Waals surface area contributed by atoms with Crippen LogP contribution >= 0.6 is 0 Å². The van der Waals surface area contributed by atoms with Crippen molar-refractivity contribution in [2.75, 3.05) is 26.7 Å². The maximum atomic E-state index is 13.3. The summed E-state index contributed by atoms with van der Waals surface area (Å²) in [5.41, 5.74) is 1.27. The Bertz CT molecular complexity index is 1400. The van der Waals surface area contributed by atoms with E-state index in [2.05, 4.69) is 20.1 Å². The lowest BCUT2D eigenvalue weighted by molar-refractivity contribution is -0.128. The molecule has 11 heteroatoms. The van der Waals surface area contributed by atoms with Crippen LogP contribution in [0.1, 0.15) is 27.6 Å². The standard InChI is InChI=1S/C24H23N7O4/c1-15-12-29(8-9-30(15)23(33)16-6-4-3-5-7-16)24(34)21(32)17-10-26-20-19(17)18(35-2)11-27-22(20)31-14-25-13-28-31/h3-7,10-11,13-15,26H,8-9,12H2,1-2H3. The molecule has 1 fully saturated rings. The van der Waals surface area contributed by atoms with E-state index in [4.69, 9.17) is 4.74 Å². The zero-order valence-corrected chi connectivity index (χ0v) is 19.2. The van der Waals surface area contributed by atoms with Crippen LogP contribution < -0.4 is 4.74 Å². The molecule has 1 aromatic carbocycles. The third-order valence-electron chi connectivity index (χ3n) is 6.15. The summed E-state index contributed by atoms with van der Waals surface area (Å²) in [5.74, 6) is -0.614. The highest BCUT2D eigenvalue weighted by Gasteiger charge is 2.34. The molecule has 1 aliphatic heterocycles. The summed E-state index contributed by atoms with van der Waals surface area (Å²) < 4.78 is 6.88. The molecule has 1 N–H and O–H groups in total. The van der Waals surface area contributed by atoms with Crippen LogP contribution in [-0.2, 0) is 4.79 Å². The van der Waals surface area contributed by atoms with Crippen molar-refractivity contribution in [3.05, 3.63) is 66.5 Å². The van der Waals surface area contributed by atoms with Gasteiger partial charge in [-0.3, -0.25) is 14.4 Å². The number of carbonyl (C=O) groups is 3. The molecular weight excluding hydrogens is 450 g/mol. The second-order valence-electron chi connectivity index (χ2n) is 8.24. The number of hydrogen-bond acceptors (Lipinski definition) is 7. The summed E-state index contributed by atoms with van der Waals surface area (Å²) in [4.78, 5) is 54.0. The van der Waals surface area contributed by atoms with Gasteiger partial charge in [-0.2, -0.15) is 5.10 Å². The number of nitrogens with one attached hydrogen (secondary N) is 1. The molecule has 0 aliphatic carbocycles. The van der Waals surface area contributed by atoms with E-state index in [0.717, 1.165) is 0 Å². The highest BCUT2D eigenvalue weighted by molar-refractivity contribution is 6.45. The molecular formula is C24H23N7O4. The van der Waals surface area contributed by atoms with Crippen LogP contribution in [0.15, 0.2) is 55.4 Å². The predicted octanol–water partition coefficient (Wildman–Crippen LogP) is 1.71. The largest absolute Gasteiger partial charge is 0.494 e. The number of piperazine rings is 1. The fourth-order valence-electron chi connectivity index (χ4n) is 4.38. The van der Waals surface area contributed by atoms with Crippen molar-refractivity contribution >= 4 is 28.5 Å². The number of amides is 2. The average molecular weight is 473 g/mol. The smallest absolute Gasteiger partial charge is 0.295 e. The Labute approximate surface area is 200 Å². The lowest BCUT2D eigenvalue weighted by atomic mass is 10.1. The Morgan fingerprint density at radius 2 is 1.94 bits per heavy atom. The van der Waals surface area contributed by atoms with Gasteiger partial charge in [0.2, 0.25) is 0 Å². The molecule has 0 bridgehead atoms. The van der Waals surface area contributed by atoms with Crippen molar-refractivity contribution < 1.29 is 19.1 Å². The Morgan fingerprint density at radius 3 is 2.63 bits per heavy atom. The van der Waals surface area contributed by atoms with Gasteiger partial charge in [-0.15, -0.1) is 0 Å². The van der Waals surface area contributed by atoms with E-state index in [-0.39, 0.29) is 30.6 Å². The van der Waals surface area contributed by atoms with Crippen LogP contribution in [-0.4, -0.2) is 84.9 Å². The number of pyridine rings is 1. The first kappa shape index (κ1) is 22.3. The second-order valence-corrected chi connectivity index (χ2v) is 8.24. The van der Waals surface area contributed by atoms with Crippen LogP contribution in [0.5, 0.6) is 5.75 Å². The molecule has 5 rings (SSSR count). The first-order valence-electron chi connectivity index (χ1n) is 11.1. The SMILES string of the molecule is COc1cnc(-n2cncn2)c2[nH]cc(C(=O)C(=O)N3CCN(C(=O)c4ccccc4)C(C)C3)c12. The highest BCUT2D eigenvalue weighted by atomic mass is 16.5. The molecule has 11 nitrogen and oxygen atoms in total. The number of aromatic amines is 1. The maximum Gasteiger partial charge on any atom is 0.295 e. The van der Waals surface area contributed by atoms with Crippen LogP contribution in [0.25, 0.3) is 16.7 Å². The molecule has 3 aromatic heterocycles. The van der Waals surface area contributed by atoms with E-state index < -0.39 is 11.7 Å². The van der Waals surface area contributed by atoms with Gasteiger partial charge in [0.25, 0.3) is 17.6 Å². The Morgan fingerprint density at radius 1 is 1.14 bits per heavy atom. The van der Waals surface area contributed by atoms with Gasteiger partial charge in [0.05, 0.1) is 29.8 Å². The molecule has 1 aliphatic rings. The van der Waals surface area contributed by atoms with Crippen molar-refractivity contribution in [1.82, 2.24) is 34.5 Å². The molecule has 1 atom stereocenters. The van der Waals surface area contributed by atoms with E-state index in [1.54, 1.807) is 17.0 Å². The van der Waals surface area contributed by atoms with Crippen molar-refractivity contribution in [3.8, 4) is 11.6 Å². The number of carbonyl (C=O) groups excluding carboxylic acids is 3. The summed E-state index contributed by atoms with van der Waals surface area (Å²) in [5, 5.41) is 4.54. The third kappa shape index (κ3) is 3.90. The molecule has 0 spiro atoms. The van der Waals surface area contributed by atoms with Gasteiger partial charge in [0.1, 0.15) is 18.4 Å². The second kappa shape index (κ2) is 9.01. The molecule has 2 amide bonds. The molecule has 1 unspecified atom stereocenters. The van der Waals surface area contributed by atoms with Crippen LogP contribution in [0.4, 0.5) is 0 Å². The quantitative estimate of drug-likeness (QED) is 0.345. The molecule has 35 heavy (non-hydrogen) atoms. The number of benzene rings is 1. The number of aromatic nitrogens is 5. The number of nitrogens with zero attached hydrogens (tertiary/aromatic N) is 6. The van der Waals surface area contributed by atoms with Gasteiger partial charge in [-0.1, -0.05) is 18.2 Å². The first-order chi connectivity index (χ1) is 17.0. The molecule has 4 heterocycles. The van der Waals surface area contributed by atoms with Gasteiger partial charge in [-0.05, 0) is 19.1 Å². The first-order valence-corrected chi connectivity index (χ1v) is 11.1. The Kier molecular flexibility index (Phi) is 5.73. The van der Waals surface area contributed by atoms with Gasteiger partial charge in [0.15, 0.2) is 5.82 Å². The van der Waals surface area contributed by atoms with Gasteiger partial charge < -0.3 is 19.5 Å². The lowest BCUT2D eigenvalue weighted by Crippen LogP contribution is -2.56. The number of H-pyrrole nitrogens is 1. The third-order valence-corrected chi connectivity index (χ3v) is 6.15. The van der Waals surface area contributed by atoms with Gasteiger partial charge in [-0.25, -0.2) is 14.6 Å². The number of ether oxygens (including phenoxy) is 1. The minimum atomic E-state index is -0.666. The molecule has 1 saturated heterocycles. The highest BCUT2D eigenvalue weighted by Crippen LogP contribution is 2.32. The normalized spacial score (nSPS) is 15.9. The monoisotopic (exact) mass is 473 g/mol. The number of hydrogen-bond donors (Lipinski definition) is 1. The zero-order chi connectivity index (χ0) is 24.5. The zero-order valence-electron chi connectivity index (χ0n) is 19.2. The van der Waals surface area contributed by atoms with Gasteiger partial charge in [0, 0.05) is 37.4 Å². The maximum absolute atomic E-state index is 13.3. The lowest BCUT2D eigenvalue weighted by Gasteiger charge is -2.39.